The minimum absolute atomic E-state index is 0.0178. The molecule has 0 aromatic heterocycles. The van der Waals surface area contributed by atoms with Crippen LogP contribution >= 0.6 is 15.9 Å². The summed E-state index contributed by atoms with van der Waals surface area (Å²) in [6.07, 6.45) is 0.561. The number of halogens is 2. The minimum atomic E-state index is -1.11. The summed E-state index contributed by atoms with van der Waals surface area (Å²) in [7, 11) is 0. The molecule has 0 bridgehead atoms. The van der Waals surface area contributed by atoms with Crippen LogP contribution in [0.5, 0.6) is 0 Å². The van der Waals surface area contributed by atoms with Crippen LogP contribution in [0.4, 0.5) is 4.39 Å². The number of hydrogen-bond donors (Lipinski definition) is 1. The van der Waals surface area contributed by atoms with Crippen LogP contribution in [0, 0.1) is 5.82 Å². The predicted octanol–water partition coefficient (Wildman–Crippen LogP) is 2.46. The van der Waals surface area contributed by atoms with Crippen LogP contribution in [0.15, 0.2) is 18.2 Å². The lowest BCUT2D eigenvalue weighted by Gasteiger charge is -2.01. The third-order valence-corrected chi connectivity index (χ3v) is 2.06. The Kier molecular flexibility index (Phi) is 3.42. The van der Waals surface area contributed by atoms with Crippen molar-refractivity contribution in [1.82, 2.24) is 0 Å². The molecule has 1 rings (SSSR count). The number of benzene rings is 1. The van der Waals surface area contributed by atoms with Crippen LogP contribution < -0.4 is 0 Å². The van der Waals surface area contributed by atoms with Gasteiger partial charge in [0.1, 0.15) is 5.82 Å². The molecule has 0 unspecified atom stereocenters. The van der Waals surface area contributed by atoms with E-state index in [4.69, 9.17) is 5.11 Å². The summed E-state index contributed by atoms with van der Waals surface area (Å²) in [6.45, 7) is 0. The summed E-state index contributed by atoms with van der Waals surface area (Å²) in [5.41, 5.74) is 0.512. The quantitative estimate of drug-likeness (QED) is 0.833. The zero-order chi connectivity index (χ0) is 9.84. The first-order valence-corrected chi connectivity index (χ1v) is 4.85. The number of carbonyl (C=O) groups is 1. The van der Waals surface area contributed by atoms with Gasteiger partial charge in [0.25, 0.3) is 0 Å². The first-order valence-electron chi connectivity index (χ1n) is 3.73. The van der Waals surface area contributed by atoms with E-state index in [-0.39, 0.29) is 5.56 Å². The lowest BCUT2D eigenvalue weighted by atomic mass is 10.1. The Balaban J connectivity index is 2.98. The molecule has 0 spiro atoms. The monoisotopic (exact) mass is 246 g/mol. The predicted molar refractivity (Wildman–Crippen MR) is 50.9 cm³/mol. The molecule has 0 aliphatic rings. The van der Waals surface area contributed by atoms with Gasteiger partial charge in [0, 0.05) is 5.33 Å². The normalized spacial score (nSPS) is 10.0. The van der Waals surface area contributed by atoms with Gasteiger partial charge >= 0.3 is 5.97 Å². The highest BCUT2D eigenvalue weighted by molar-refractivity contribution is 9.09. The summed E-state index contributed by atoms with van der Waals surface area (Å²) in [5.74, 6) is -1.57. The minimum Gasteiger partial charge on any atom is -0.478 e. The van der Waals surface area contributed by atoms with Crippen LogP contribution in [0.1, 0.15) is 15.9 Å². The SMILES string of the molecule is O=C(O)c1ccc(CCBr)c(F)c1. The average Bonchev–Trinajstić information content (AvgIpc) is 2.08. The van der Waals surface area contributed by atoms with Gasteiger partial charge < -0.3 is 5.11 Å². The van der Waals surface area contributed by atoms with Gasteiger partial charge in [-0.25, -0.2) is 9.18 Å². The number of hydrogen-bond acceptors (Lipinski definition) is 1. The van der Waals surface area contributed by atoms with Crippen molar-refractivity contribution in [1.29, 1.82) is 0 Å². The first kappa shape index (κ1) is 10.2. The Labute approximate surface area is 83.5 Å². The number of aromatic carboxylic acids is 1. The van der Waals surface area contributed by atoms with Gasteiger partial charge in [0.15, 0.2) is 0 Å². The average molecular weight is 247 g/mol. The van der Waals surface area contributed by atoms with E-state index in [2.05, 4.69) is 15.9 Å². The molecule has 13 heavy (non-hydrogen) atoms. The summed E-state index contributed by atoms with van der Waals surface area (Å²) in [6, 6.07) is 3.95. The molecule has 0 amide bonds. The largest absolute Gasteiger partial charge is 0.478 e. The number of carboxylic acid groups (broad SMARTS) is 1. The summed E-state index contributed by atoms with van der Waals surface area (Å²) >= 11 is 3.18. The second kappa shape index (κ2) is 4.37. The van der Waals surface area contributed by atoms with Crippen molar-refractivity contribution in [3.8, 4) is 0 Å². The molecule has 1 aromatic carbocycles. The van der Waals surface area contributed by atoms with Crippen molar-refractivity contribution in [2.45, 2.75) is 6.42 Å². The Morgan fingerprint density at radius 2 is 2.23 bits per heavy atom. The number of carboxylic acids is 1. The molecule has 0 saturated heterocycles. The van der Waals surface area contributed by atoms with Crippen LogP contribution in [-0.4, -0.2) is 16.4 Å². The fourth-order valence-electron chi connectivity index (χ4n) is 0.985. The first-order chi connectivity index (χ1) is 6.15. The molecule has 0 aliphatic heterocycles. The highest BCUT2D eigenvalue weighted by atomic mass is 79.9. The van der Waals surface area contributed by atoms with Gasteiger partial charge in [-0.1, -0.05) is 22.0 Å². The molecule has 0 saturated carbocycles. The highest BCUT2D eigenvalue weighted by Gasteiger charge is 2.07. The molecule has 0 aliphatic carbocycles. The van der Waals surface area contributed by atoms with E-state index in [1.54, 1.807) is 0 Å². The molecule has 0 atom stereocenters. The van der Waals surface area contributed by atoms with Gasteiger partial charge in [-0.3, -0.25) is 0 Å². The van der Waals surface area contributed by atoms with Crippen molar-refractivity contribution in [3.63, 3.8) is 0 Å². The summed E-state index contributed by atoms with van der Waals surface area (Å²) in [4.78, 5) is 10.4. The van der Waals surface area contributed by atoms with E-state index < -0.39 is 11.8 Å². The van der Waals surface area contributed by atoms with Crippen LogP contribution in [0.3, 0.4) is 0 Å². The molecule has 2 nitrogen and oxygen atoms in total. The lowest BCUT2D eigenvalue weighted by Crippen LogP contribution is -1.99. The molecule has 4 heteroatoms. The summed E-state index contributed by atoms with van der Waals surface area (Å²) in [5, 5.41) is 9.22. The van der Waals surface area contributed by atoms with E-state index in [1.807, 2.05) is 0 Å². The summed E-state index contributed by atoms with van der Waals surface area (Å²) < 4.78 is 13.1. The van der Waals surface area contributed by atoms with E-state index in [1.165, 1.54) is 12.1 Å². The topological polar surface area (TPSA) is 37.3 Å². The van der Waals surface area contributed by atoms with Crippen LogP contribution in [0.25, 0.3) is 0 Å². The van der Waals surface area contributed by atoms with Crippen molar-refractivity contribution in [2.75, 3.05) is 5.33 Å². The van der Waals surface area contributed by atoms with Crippen molar-refractivity contribution in [3.05, 3.63) is 35.1 Å². The molecular formula is C9H8BrFO2. The zero-order valence-corrected chi connectivity index (χ0v) is 8.34. The fraction of sp³-hybridized carbons (Fsp3) is 0.222. The maximum Gasteiger partial charge on any atom is 0.335 e. The Morgan fingerprint density at radius 3 is 2.69 bits per heavy atom. The maximum atomic E-state index is 13.1. The van der Waals surface area contributed by atoms with E-state index >= 15 is 0 Å². The van der Waals surface area contributed by atoms with Gasteiger partial charge in [-0.05, 0) is 24.1 Å². The number of aryl methyl sites for hydroxylation is 1. The van der Waals surface area contributed by atoms with E-state index in [9.17, 15) is 9.18 Å². The van der Waals surface area contributed by atoms with Crippen molar-refractivity contribution >= 4 is 21.9 Å². The van der Waals surface area contributed by atoms with Gasteiger partial charge in [-0.15, -0.1) is 0 Å². The van der Waals surface area contributed by atoms with E-state index in [0.717, 1.165) is 6.07 Å². The second-order valence-electron chi connectivity index (χ2n) is 2.55. The maximum absolute atomic E-state index is 13.1. The number of alkyl halides is 1. The van der Waals surface area contributed by atoms with Crippen molar-refractivity contribution in [2.24, 2.45) is 0 Å². The van der Waals surface area contributed by atoms with E-state index in [0.29, 0.717) is 17.3 Å². The fourth-order valence-corrected chi connectivity index (χ4v) is 1.41. The van der Waals surface area contributed by atoms with Crippen LogP contribution in [-0.2, 0) is 6.42 Å². The molecule has 1 N–H and O–H groups in total. The van der Waals surface area contributed by atoms with Crippen LogP contribution in [0.2, 0.25) is 0 Å². The standard InChI is InChI=1S/C9H8BrFO2/c10-4-3-6-1-2-7(9(12)13)5-8(6)11/h1-2,5H,3-4H2,(H,12,13). The molecule has 70 valence electrons. The van der Waals surface area contributed by atoms with Gasteiger partial charge in [0.2, 0.25) is 0 Å². The van der Waals surface area contributed by atoms with Gasteiger partial charge in [-0.2, -0.15) is 0 Å². The smallest absolute Gasteiger partial charge is 0.335 e. The molecule has 0 radical (unpaired) electrons. The van der Waals surface area contributed by atoms with Crippen molar-refractivity contribution < 1.29 is 14.3 Å². The third-order valence-electron chi connectivity index (χ3n) is 1.66. The number of rotatable bonds is 3. The Morgan fingerprint density at radius 1 is 1.54 bits per heavy atom. The van der Waals surface area contributed by atoms with Gasteiger partial charge in [0.05, 0.1) is 5.56 Å². The Bertz CT molecular complexity index is 325. The molecule has 0 fully saturated rings. The third kappa shape index (κ3) is 2.52. The molecular weight excluding hydrogens is 239 g/mol. The lowest BCUT2D eigenvalue weighted by molar-refractivity contribution is 0.0696. The Hall–Kier alpha value is -0.900. The zero-order valence-electron chi connectivity index (χ0n) is 6.76. The molecule has 0 heterocycles. The molecule has 1 aromatic rings. The highest BCUT2D eigenvalue weighted by Crippen LogP contribution is 2.11. The second-order valence-corrected chi connectivity index (χ2v) is 3.34.